The molecule has 1 N–H and O–H groups in total. The van der Waals surface area contributed by atoms with Crippen molar-refractivity contribution in [3.63, 3.8) is 0 Å². The Hall–Kier alpha value is -2.50. The second-order valence-electron chi connectivity index (χ2n) is 7.71. The standard InChI is InChI=1S/C21H23F2NO3/c1-5-27-20(26)16-11(2)24-14-9-21(3,4)10-15(25)18(14)19(16)17-12(22)7-6-8-13(17)23/h6-9,18-19,24H,5,10H2,1-4H3. The van der Waals surface area contributed by atoms with E-state index < -0.39 is 29.4 Å². The number of nitrogens with one attached hydrogen (secondary N) is 1. The van der Waals surface area contributed by atoms with Gasteiger partial charge >= 0.3 is 5.97 Å². The summed E-state index contributed by atoms with van der Waals surface area (Å²) >= 11 is 0. The molecule has 1 aliphatic heterocycles. The summed E-state index contributed by atoms with van der Waals surface area (Å²) in [6, 6.07) is 3.54. The highest BCUT2D eigenvalue weighted by atomic mass is 19.1. The molecule has 0 bridgehead atoms. The van der Waals surface area contributed by atoms with E-state index in [0.29, 0.717) is 11.4 Å². The molecule has 0 fully saturated rings. The minimum atomic E-state index is -1.07. The van der Waals surface area contributed by atoms with E-state index in [2.05, 4.69) is 5.32 Å². The lowest BCUT2D eigenvalue weighted by molar-refractivity contribution is -0.139. The van der Waals surface area contributed by atoms with Crippen LogP contribution in [0.5, 0.6) is 0 Å². The fourth-order valence-corrected chi connectivity index (χ4v) is 4.06. The number of carbonyl (C=O) groups is 2. The number of allylic oxidation sites excluding steroid dienone is 3. The zero-order chi connectivity index (χ0) is 19.9. The van der Waals surface area contributed by atoms with E-state index in [1.165, 1.54) is 6.07 Å². The van der Waals surface area contributed by atoms with Gasteiger partial charge < -0.3 is 10.1 Å². The second kappa shape index (κ2) is 6.91. The van der Waals surface area contributed by atoms with Gasteiger partial charge in [-0.2, -0.15) is 0 Å². The Bertz CT molecular complexity index is 850. The fourth-order valence-electron chi connectivity index (χ4n) is 4.06. The number of benzene rings is 1. The van der Waals surface area contributed by atoms with Crippen molar-refractivity contribution < 1.29 is 23.1 Å². The van der Waals surface area contributed by atoms with Crippen molar-refractivity contribution in [2.45, 2.75) is 40.0 Å². The third kappa shape index (κ3) is 3.40. The minimum absolute atomic E-state index is 0.0936. The van der Waals surface area contributed by atoms with Crippen LogP contribution in [0, 0.1) is 23.0 Å². The number of fused-ring (bicyclic) bond motifs is 1. The van der Waals surface area contributed by atoms with E-state index in [-0.39, 0.29) is 35.4 Å². The van der Waals surface area contributed by atoms with E-state index in [1.54, 1.807) is 13.8 Å². The van der Waals surface area contributed by atoms with Crippen LogP contribution in [0.4, 0.5) is 8.78 Å². The molecule has 0 saturated carbocycles. The van der Waals surface area contributed by atoms with Gasteiger partial charge in [-0.05, 0) is 31.4 Å². The summed E-state index contributed by atoms with van der Waals surface area (Å²) in [5.41, 5.74) is 0.459. The predicted molar refractivity (Wildman–Crippen MR) is 96.5 cm³/mol. The molecule has 144 valence electrons. The van der Waals surface area contributed by atoms with Crippen LogP contribution in [0.15, 0.2) is 41.2 Å². The number of rotatable bonds is 3. The quantitative estimate of drug-likeness (QED) is 0.812. The average Bonchev–Trinajstić information content (AvgIpc) is 2.52. The maximum atomic E-state index is 14.7. The minimum Gasteiger partial charge on any atom is -0.463 e. The largest absolute Gasteiger partial charge is 0.463 e. The molecule has 0 saturated heterocycles. The van der Waals surface area contributed by atoms with Crippen molar-refractivity contribution in [3.8, 4) is 0 Å². The fraction of sp³-hybridized carbons (Fsp3) is 0.429. The molecule has 0 aromatic heterocycles. The van der Waals surface area contributed by atoms with E-state index in [4.69, 9.17) is 4.74 Å². The highest BCUT2D eigenvalue weighted by Crippen LogP contribution is 2.48. The van der Waals surface area contributed by atoms with Gasteiger partial charge in [-0.3, -0.25) is 4.79 Å². The molecule has 0 amide bonds. The average molecular weight is 375 g/mol. The molecule has 1 heterocycles. The summed E-state index contributed by atoms with van der Waals surface area (Å²) in [5, 5.41) is 3.11. The van der Waals surface area contributed by atoms with Gasteiger partial charge in [0, 0.05) is 29.3 Å². The van der Waals surface area contributed by atoms with Crippen molar-refractivity contribution in [2.24, 2.45) is 11.3 Å². The van der Waals surface area contributed by atoms with Crippen molar-refractivity contribution in [3.05, 3.63) is 58.4 Å². The maximum absolute atomic E-state index is 14.7. The van der Waals surface area contributed by atoms with Crippen molar-refractivity contribution in [2.75, 3.05) is 6.61 Å². The van der Waals surface area contributed by atoms with Crippen LogP contribution >= 0.6 is 0 Å². The molecule has 2 atom stereocenters. The zero-order valence-electron chi connectivity index (χ0n) is 15.9. The third-order valence-electron chi connectivity index (χ3n) is 5.04. The number of Topliss-reactive ketones (excluding diaryl/α,β-unsaturated/α-hetero) is 1. The molecule has 6 heteroatoms. The number of carbonyl (C=O) groups excluding carboxylic acids is 2. The summed E-state index contributed by atoms with van der Waals surface area (Å²) in [7, 11) is 0. The van der Waals surface area contributed by atoms with E-state index in [9.17, 15) is 18.4 Å². The molecule has 4 nitrogen and oxygen atoms in total. The van der Waals surface area contributed by atoms with Gasteiger partial charge in [-0.1, -0.05) is 26.0 Å². The molecule has 1 aromatic rings. The van der Waals surface area contributed by atoms with Gasteiger partial charge in [-0.15, -0.1) is 0 Å². The Morgan fingerprint density at radius 1 is 1.26 bits per heavy atom. The van der Waals surface area contributed by atoms with Crippen molar-refractivity contribution in [1.82, 2.24) is 5.32 Å². The lowest BCUT2D eigenvalue weighted by atomic mass is 9.66. The van der Waals surface area contributed by atoms with Gasteiger partial charge in [0.25, 0.3) is 0 Å². The van der Waals surface area contributed by atoms with Crippen molar-refractivity contribution in [1.29, 1.82) is 0 Å². The third-order valence-corrected chi connectivity index (χ3v) is 5.04. The predicted octanol–water partition coefficient (Wildman–Crippen LogP) is 3.99. The normalized spacial score (nSPS) is 24.1. The Morgan fingerprint density at radius 3 is 2.48 bits per heavy atom. The van der Waals surface area contributed by atoms with Crippen LogP contribution < -0.4 is 5.32 Å². The molecule has 2 unspecified atom stereocenters. The number of hydrogen-bond donors (Lipinski definition) is 1. The Morgan fingerprint density at radius 2 is 1.89 bits per heavy atom. The number of esters is 1. The lowest BCUT2D eigenvalue weighted by Gasteiger charge is -2.41. The summed E-state index contributed by atoms with van der Waals surface area (Å²) in [6.07, 6.45) is 2.14. The zero-order valence-corrected chi connectivity index (χ0v) is 15.9. The lowest BCUT2D eigenvalue weighted by Crippen LogP contribution is -2.44. The highest BCUT2D eigenvalue weighted by Gasteiger charge is 2.47. The van der Waals surface area contributed by atoms with Gasteiger partial charge in [0.15, 0.2) is 0 Å². The van der Waals surface area contributed by atoms with Crippen LogP contribution in [0.1, 0.15) is 45.6 Å². The topological polar surface area (TPSA) is 55.4 Å². The molecular weight excluding hydrogens is 352 g/mol. The van der Waals surface area contributed by atoms with Gasteiger partial charge in [0.2, 0.25) is 0 Å². The number of ether oxygens (including phenoxy) is 1. The van der Waals surface area contributed by atoms with Gasteiger partial charge in [0.1, 0.15) is 17.4 Å². The monoisotopic (exact) mass is 375 g/mol. The first-order valence-corrected chi connectivity index (χ1v) is 9.00. The van der Waals surface area contributed by atoms with Crippen LogP contribution in [0.3, 0.4) is 0 Å². The van der Waals surface area contributed by atoms with Gasteiger partial charge in [0.05, 0.1) is 18.1 Å². The smallest absolute Gasteiger partial charge is 0.336 e. The van der Waals surface area contributed by atoms with E-state index in [1.807, 2.05) is 19.9 Å². The molecule has 27 heavy (non-hydrogen) atoms. The Kier molecular flexibility index (Phi) is 4.93. The molecule has 1 aromatic carbocycles. The van der Waals surface area contributed by atoms with E-state index >= 15 is 0 Å². The molecule has 3 rings (SSSR count). The van der Waals surface area contributed by atoms with Crippen LogP contribution in [0.2, 0.25) is 0 Å². The first kappa shape index (κ1) is 19.3. The molecule has 0 spiro atoms. The number of hydrogen-bond acceptors (Lipinski definition) is 4. The Balaban J connectivity index is 2.27. The van der Waals surface area contributed by atoms with E-state index in [0.717, 1.165) is 12.1 Å². The summed E-state index contributed by atoms with van der Waals surface area (Å²) in [4.78, 5) is 25.6. The van der Waals surface area contributed by atoms with Crippen LogP contribution in [-0.4, -0.2) is 18.4 Å². The molecule has 0 radical (unpaired) electrons. The van der Waals surface area contributed by atoms with Crippen molar-refractivity contribution >= 4 is 11.8 Å². The van der Waals surface area contributed by atoms with Gasteiger partial charge in [-0.25, -0.2) is 13.6 Å². The summed E-state index contributed by atoms with van der Waals surface area (Å²) in [6.45, 7) is 7.28. The van der Waals surface area contributed by atoms with Crippen LogP contribution in [0.25, 0.3) is 0 Å². The molecular formula is C21H23F2NO3. The summed E-state index contributed by atoms with van der Waals surface area (Å²) < 4.78 is 34.4. The number of halogens is 2. The number of ketones is 1. The SMILES string of the molecule is CCOC(=O)C1=C(C)NC2=CC(C)(C)CC(=O)C2C1c1c(F)cccc1F. The van der Waals surface area contributed by atoms with Crippen LogP contribution in [-0.2, 0) is 14.3 Å². The highest BCUT2D eigenvalue weighted by molar-refractivity contribution is 5.96. The molecule has 2 aliphatic rings. The summed E-state index contributed by atoms with van der Waals surface area (Å²) in [5.74, 6) is -4.32. The first-order chi connectivity index (χ1) is 12.7. The second-order valence-corrected chi connectivity index (χ2v) is 7.71. The first-order valence-electron chi connectivity index (χ1n) is 9.00. The molecule has 1 aliphatic carbocycles. The Labute approximate surface area is 157 Å². The maximum Gasteiger partial charge on any atom is 0.336 e.